The van der Waals surface area contributed by atoms with E-state index in [4.69, 9.17) is 10.5 Å². The molecule has 0 spiro atoms. The van der Waals surface area contributed by atoms with Crippen LogP contribution in [0, 0.1) is 0 Å². The zero-order chi connectivity index (χ0) is 12.0. The van der Waals surface area contributed by atoms with Gasteiger partial charge in [0.25, 0.3) is 6.43 Å². The lowest BCUT2D eigenvalue weighted by atomic mass is 10.1. The van der Waals surface area contributed by atoms with Crippen molar-refractivity contribution in [1.82, 2.24) is 4.98 Å². The average molecular weight is 250 g/mol. The number of ether oxygens (including phenoxy) is 1. The monoisotopic (exact) mass is 250 g/mol. The Morgan fingerprint density at radius 3 is 2.94 bits per heavy atom. The van der Waals surface area contributed by atoms with Gasteiger partial charge in [-0.25, -0.2) is 13.8 Å². The maximum absolute atomic E-state index is 11.8. The van der Waals surface area contributed by atoms with Crippen LogP contribution in [0.1, 0.15) is 23.5 Å². The zero-order valence-corrected chi connectivity index (χ0v) is 9.97. The van der Waals surface area contributed by atoms with E-state index in [2.05, 4.69) is 4.98 Å². The second-order valence-corrected chi connectivity index (χ2v) is 4.46. The van der Waals surface area contributed by atoms with Gasteiger partial charge in [-0.2, -0.15) is 0 Å². The topological polar surface area (TPSA) is 48.1 Å². The molecule has 0 amide bonds. The molecule has 0 aromatic carbocycles. The Bertz CT molecular complexity index is 307. The van der Waals surface area contributed by atoms with Crippen molar-refractivity contribution in [2.24, 2.45) is 5.73 Å². The minimum absolute atomic E-state index is 0.243. The fraction of sp³-hybridized carbons (Fsp3) is 0.700. The molecule has 2 N–H and O–H groups in total. The van der Waals surface area contributed by atoms with Crippen molar-refractivity contribution < 1.29 is 13.5 Å². The molecular formula is C10H16F2N2OS. The van der Waals surface area contributed by atoms with Crippen LogP contribution in [0.3, 0.4) is 0 Å². The Labute approximate surface area is 97.6 Å². The molecule has 1 aromatic rings. The molecule has 92 valence electrons. The van der Waals surface area contributed by atoms with Gasteiger partial charge >= 0.3 is 0 Å². The summed E-state index contributed by atoms with van der Waals surface area (Å²) in [6.07, 6.45) is -1.82. The van der Waals surface area contributed by atoms with Gasteiger partial charge in [0.1, 0.15) is 6.61 Å². The van der Waals surface area contributed by atoms with Gasteiger partial charge in [0.2, 0.25) is 0 Å². The van der Waals surface area contributed by atoms with Crippen molar-refractivity contribution >= 4 is 11.3 Å². The van der Waals surface area contributed by atoms with E-state index in [1.807, 2.05) is 12.3 Å². The molecule has 0 aliphatic heterocycles. The summed E-state index contributed by atoms with van der Waals surface area (Å²) in [7, 11) is 0. The lowest BCUT2D eigenvalue weighted by Gasteiger charge is -2.03. The molecule has 1 unspecified atom stereocenters. The van der Waals surface area contributed by atoms with Gasteiger partial charge in [0.05, 0.1) is 17.3 Å². The van der Waals surface area contributed by atoms with Gasteiger partial charge in [-0.1, -0.05) is 6.92 Å². The predicted octanol–water partition coefficient (Wildman–Crippen LogP) is 2.03. The number of alkyl halides is 2. The Hall–Kier alpha value is -0.590. The van der Waals surface area contributed by atoms with Crippen LogP contribution in [-0.2, 0) is 11.2 Å². The van der Waals surface area contributed by atoms with E-state index in [0.29, 0.717) is 13.0 Å². The summed E-state index contributed by atoms with van der Waals surface area (Å²) in [5.74, 6) is 0.243. The van der Waals surface area contributed by atoms with E-state index in [9.17, 15) is 8.78 Å². The molecule has 16 heavy (non-hydrogen) atoms. The molecule has 0 saturated heterocycles. The molecule has 0 bridgehead atoms. The molecule has 0 saturated carbocycles. The van der Waals surface area contributed by atoms with Crippen LogP contribution < -0.4 is 5.73 Å². The fourth-order valence-corrected chi connectivity index (χ4v) is 2.02. The van der Waals surface area contributed by atoms with E-state index in [0.717, 1.165) is 10.7 Å². The number of aromatic nitrogens is 1. The molecule has 1 rings (SSSR count). The van der Waals surface area contributed by atoms with E-state index in [1.54, 1.807) is 0 Å². The van der Waals surface area contributed by atoms with Crippen LogP contribution in [0.25, 0.3) is 0 Å². The smallest absolute Gasteiger partial charge is 0.261 e. The zero-order valence-electron chi connectivity index (χ0n) is 9.16. The molecular weight excluding hydrogens is 234 g/mol. The fourth-order valence-electron chi connectivity index (χ4n) is 1.12. The van der Waals surface area contributed by atoms with Crippen LogP contribution in [-0.4, -0.2) is 31.2 Å². The van der Waals surface area contributed by atoms with Crippen LogP contribution in [0.15, 0.2) is 5.38 Å². The van der Waals surface area contributed by atoms with Gasteiger partial charge in [-0.15, -0.1) is 11.3 Å². The number of hydrogen-bond donors (Lipinski definition) is 1. The first-order chi connectivity index (χ1) is 7.63. The number of thiazole rings is 1. The van der Waals surface area contributed by atoms with Crippen LogP contribution in [0.5, 0.6) is 0 Å². The number of nitrogens with two attached hydrogens (primary N) is 1. The average Bonchev–Trinajstić information content (AvgIpc) is 2.71. The number of rotatable bonds is 7. The molecule has 6 heteroatoms. The Kier molecular flexibility index (Phi) is 5.79. The maximum atomic E-state index is 11.8. The summed E-state index contributed by atoms with van der Waals surface area (Å²) in [6.45, 7) is 2.35. The number of nitrogens with zero attached hydrogens (tertiary/aromatic N) is 1. The standard InChI is InChI=1S/C10H16F2N2OS/c1-7(4-13)8-6-16-10(14-8)2-3-15-5-9(11)12/h6-7,9H,2-5,13H2,1H3. The highest BCUT2D eigenvalue weighted by atomic mass is 32.1. The quantitative estimate of drug-likeness (QED) is 0.753. The van der Waals surface area contributed by atoms with Gasteiger partial charge < -0.3 is 10.5 Å². The second-order valence-electron chi connectivity index (χ2n) is 3.52. The summed E-state index contributed by atoms with van der Waals surface area (Å²) in [4.78, 5) is 4.37. The van der Waals surface area contributed by atoms with E-state index < -0.39 is 13.0 Å². The Morgan fingerprint density at radius 2 is 2.31 bits per heavy atom. The van der Waals surface area contributed by atoms with Crippen molar-refractivity contribution in [3.05, 3.63) is 16.1 Å². The minimum Gasteiger partial charge on any atom is -0.375 e. The predicted molar refractivity (Wildman–Crippen MR) is 60.1 cm³/mol. The van der Waals surface area contributed by atoms with E-state index >= 15 is 0 Å². The summed E-state index contributed by atoms with van der Waals surface area (Å²) in [6, 6.07) is 0. The molecule has 0 aliphatic rings. The molecule has 1 atom stereocenters. The Morgan fingerprint density at radius 1 is 1.56 bits per heavy atom. The molecule has 3 nitrogen and oxygen atoms in total. The van der Waals surface area contributed by atoms with E-state index in [1.165, 1.54) is 11.3 Å². The van der Waals surface area contributed by atoms with Gasteiger partial charge in [-0.3, -0.25) is 0 Å². The SMILES string of the molecule is CC(CN)c1csc(CCOCC(F)F)n1. The molecule has 1 heterocycles. The number of halogens is 2. The third kappa shape index (κ3) is 4.51. The highest BCUT2D eigenvalue weighted by Gasteiger charge is 2.08. The van der Waals surface area contributed by atoms with Crippen molar-refractivity contribution in [1.29, 1.82) is 0 Å². The molecule has 0 fully saturated rings. The molecule has 0 radical (unpaired) electrons. The highest BCUT2D eigenvalue weighted by molar-refractivity contribution is 7.09. The van der Waals surface area contributed by atoms with Crippen molar-refractivity contribution in [2.45, 2.75) is 25.7 Å². The van der Waals surface area contributed by atoms with Gasteiger partial charge in [0.15, 0.2) is 0 Å². The highest BCUT2D eigenvalue weighted by Crippen LogP contribution is 2.17. The Balaban J connectivity index is 2.29. The second kappa shape index (κ2) is 6.88. The van der Waals surface area contributed by atoms with Crippen molar-refractivity contribution in [2.75, 3.05) is 19.8 Å². The van der Waals surface area contributed by atoms with Gasteiger partial charge in [0, 0.05) is 24.3 Å². The maximum Gasteiger partial charge on any atom is 0.261 e. The lowest BCUT2D eigenvalue weighted by Crippen LogP contribution is -2.09. The minimum atomic E-state index is -2.40. The van der Waals surface area contributed by atoms with Gasteiger partial charge in [-0.05, 0) is 0 Å². The van der Waals surface area contributed by atoms with Crippen molar-refractivity contribution in [3.63, 3.8) is 0 Å². The summed E-state index contributed by atoms with van der Waals surface area (Å²) in [5.41, 5.74) is 6.49. The van der Waals surface area contributed by atoms with Crippen LogP contribution in [0.4, 0.5) is 8.78 Å². The molecule has 0 aliphatic carbocycles. The normalized spacial score (nSPS) is 13.3. The third-order valence-corrected chi connectivity index (χ3v) is 3.06. The van der Waals surface area contributed by atoms with Crippen molar-refractivity contribution in [3.8, 4) is 0 Å². The molecule has 1 aromatic heterocycles. The van der Waals surface area contributed by atoms with Crippen LogP contribution >= 0.6 is 11.3 Å². The summed E-state index contributed by atoms with van der Waals surface area (Å²) >= 11 is 1.52. The third-order valence-electron chi connectivity index (χ3n) is 2.13. The first kappa shape index (κ1) is 13.5. The van der Waals surface area contributed by atoms with E-state index in [-0.39, 0.29) is 12.5 Å². The lowest BCUT2D eigenvalue weighted by molar-refractivity contribution is 0.0187. The first-order valence-electron chi connectivity index (χ1n) is 5.13. The largest absolute Gasteiger partial charge is 0.375 e. The summed E-state index contributed by atoms with van der Waals surface area (Å²) < 4.78 is 28.3. The number of hydrogen-bond acceptors (Lipinski definition) is 4. The summed E-state index contributed by atoms with van der Waals surface area (Å²) in [5, 5.41) is 2.87. The van der Waals surface area contributed by atoms with Crippen LogP contribution in [0.2, 0.25) is 0 Å². The first-order valence-corrected chi connectivity index (χ1v) is 6.01.